The molecule has 31 heavy (non-hydrogen) atoms. The van der Waals surface area contributed by atoms with Crippen molar-refractivity contribution in [2.75, 3.05) is 7.11 Å². The van der Waals surface area contributed by atoms with E-state index in [1.54, 1.807) is 7.11 Å². The highest BCUT2D eigenvalue weighted by atomic mass is 16.5. The fourth-order valence-electron chi connectivity index (χ4n) is 4.30. The number of hydrogen-bond donors (Lipinski definition) is 0. The van der Waals surface area contributed by atoms with Gasteiger partial charge in [-0.2, -0.15) is 0 Å². The lowest BCUT2D eigenvalue weighted by Gasteiger charge is -2.37. The molecule has 0 unspecified atom stereocenters. The van der Waals surface area contributed by atoms with Crippen LogP contribution in [0.3, 0.4) is 0 Å². The third-order valence-electron chi connectivity index (χ3n) is 6.65. The number of rotatable bonds is 10. The number of hydrogen-bond acceptors (Lipinski definition) is 2. The van der Waals surface area contributed by atoms with Crippen LogP contribution in [0.2, 0.25) is 0 Å². The lowest BCUT2D eigenvalue weighted by Crippen LogP contribution is -2.36. The fourth-order valence-corrected chi connectivity index (χ4v) is 4.30. The molecule has 2 nitrogen and oxygen atoms in total. The first-order valence-corrected chi connectivity index (χ1v) is 12.0. The van der Waals surface area contributed by atoms with E-state index in [-0.39, 0.29) is 5.60 Å². The van der Waals surface area contributed by atoms with Crippen molar-refractivity contribution >= 4 is 0 Å². The predicted octanol–water partition coefficient (Wildman–Crippen LogP) is 8.60. The van der Waals surface area contributed by atoms with Crippen LogP contribution in [0.4, 0.5) is 0 Å². The summed E-state index contributed by atoms with van der Waals surface area (Å²) in [5.41, 5.74) is 8.02. The quantitative estimate of drug-likeness (QED) is 0.350. The summed E-state index contributed by atoms with van der Waals surface area (Å²) in [7, 11) is 1.75. The van der Waals surface area contributed by atoms with Gasteiger partial charge in [-0.1, -0.05) is 34.9 Å². The SMILES string of the molecule is COc1cc2c(c(C)c1C)O[C@](C)(CCC=C(C)CCC=C(C)CCC=C(C)C)CC2. The van der Waals surface area contributed by atoms with E-state index in [0.717, 1.165) is 56.4 Å². The van der Waals surface area contributed by atoms with E-state index in [1.165, 1.54) is 39.8 Å². The Balaban J connectivity index is 1.85. The topological polar surface area (TPSA) is 18.5 Å². The van der Waals surface area contributed by atoms with E-state index in [0.29, 0.717) is 0 Å². The molecule has 0 saturated heterocycles. The molecular formula is C29H44O2. The Kier molecular flexibility index (Phi) is 9.47. The van der Waals surface area contributed by atoms with Crippen LogP contribution in [0.5, 0.6) is 11.5 Å². The molecule has 0 saturated carbocycles. The van der Waals surface area contributed by atoms with Gasteiger partial charge in [-0.25, -0.2) is 0 Å². The molecule has 1 heterocycles. The van der Waals surface area contributed by atoms with Crippen molar-refractivity contribution < 1.29 is 9.47 Å². The molecule has 0 N–H and O–H groups in total. The Morgan fingerprint density at radius 3 is 2.19 bits per heavy atom. The van der Waals surface area contributed by atoms with Crippen molar-refractivity contribution in [3.05, 3.63) is 57.7 Å². The zero-order valence-electron chi connectivity index (χ0n) is 21.3. The van der Waals surface area contributed by atoms with Crippen LogP contribution in [0.25, 0.3) is 0 Å². The summed E-state index contributed by atoms with van der Waals surface area (Å²) in [5.74, 6) is 2.06. The van der Waals surface area contributed by atoms with Gasteiger partial charge in [0.15, 0.2) is 0 Å². The Hall–Kier alpha value is -1.96. The average molecular weight is 425 g/mol. The number of aryl methyl sites for hydroxylation is 1. The van der Waals surface area contributed by atoms with Gasteiger partial charge < -0.3 is 9.47 Å². The molecule has 1 aliphatic rings. The Morgan fingerprint density at radius 1 is 0.968 bits per heavy atom. The van der Waals surface area contributed by atoms with Gasteiger partial charge in [0.25, 0.3) is 0 Å². The summed E-state index contributed by atoms with van der Waals surface area (Å²) in [6.45, 7) is 15.4. The minimum Gasteiger partial charge on any atom is -0.496 e. The molecular weight excluding hydrogens is 380 g/mol. The van der Waals surface area contributed by atoms with Crippen LogP contribution in [0.15, 0.2) is 41.0 Å². The lowest BCUT2D eigenvalue weighted by atomic mass is 9.86. The van der Waals surface area contributed by atoms with Crippen molar-refractivity contribution in [2.24, 2.45) is 0 Å². The molecule has 2 heteroatoms. The highest BCUT2D eigenvalue weighted by Crippen LogP contribution is 2.42. The van der Waals surface area contributed by atoms with Crippen molar-refractivity contribution in [1.82, 2.24) is 0 Å². The van der Waals surface area contributed by atoms with E-state index < -0.39 is 0 Å². The fraction of sp³-hybridized carbons (Fsp3) is 0.586. The van der Waals surface area contributed by atoms with Crippen molar-refractivity contribution in [2.45, 2.75) is 105 Å². The predicted molar refractivity (Wildman–Crippen MR) is 134 cm³/mol. The van der Waals surface area contributed by atoms with Crippen LogP contribution in [0.1, 0.15) is 96.3 Å². The normalized spacial score (nSPS) is 19.0. The number of benzene rings is 1. The molecule has 0 radical (unpaired) electrons. The molecule has 0 spiro atoms. The van der Waals surface area contributed by atoms with Gasteiger partial charge in [-0.3, -0.25) is 0 Å². The van der Waals surface area contributed by atoms with Gasteiger partial charge in [0.1, 0.15) is 17.1 Å². The zero-order chi connectivity index (χ0) is 23.0. The summed E-state index contributed by atoms with van der Waals surface area (Å²) >= 11 is 0. The van der Waals surface area contributed by atoms with Crippen molar-refractivity contribution in [3.63, 3.8) is 0 Å². The molecule has 2 rings (SSSR count). The molecule has 0 aliphatic carbocycles. The number of ether oxygens (including phenoxy) is 2. The van der Waals surface area contributed by atoms with Gasteiger partial charge in [-0.05, 0) is 123 Å². The third-order valence-corrected chi connectivity index (χ3v) is 6.65. The second-order valence-electron chi connectivity index (χ2n) is 9.87. The maximum atomic E-state index is 6.58. The average Bonchev–Trinajstić information content (AvgIpc) is 2.71. The maximum absolute atomic E-state index is 6.58. The second kappa shape index (κ2) is 11.6. The summed E-state index contributed by atoms with van der Waals surface area (Å²) < 4.78 is 12.1. The standard InChI is InChI=1S/C29H44O2/c1-21(2)12-9-13-22(3)14-10-15-23(4)16-11-18-29(7)19-17-26-20-27(30-8)24(5)25(6)28(26)31-29/h12,14,16,20H,9-11,13,15,17-19H2,1-8H3/t29-/m1/s1. The van der Waals surface area contributed by atoms with Crippen LogP contribution in [0, 0.1) is 13.8 Å². The molecule has 1 aliphatic heterocycles. The van der Waals surface area contributed by atoms with Crippen molar-refractivity contribution in [3.8, 4) is 11.5 Å². The molecule has 172 valence electrons. The van der Waals surface area contributed by atoms with Gasteiger partial charge >= 0.3 is 0 Å². The molecule has 1 aromatic rings. The minimum absolute atomic E-state index is 0.0863. The molecule has 0 aromatic heterocycles. The zero-order valence-corrected chi connectivity index (χ0v) is 21.3. The first kappa shape index (κ1) is 25.3. The van der Waals surface area contributed by atoms with Crippen molar-refractivity contribution in [1.29, 1.82) is 0 Å². The first-order valence-electron chi connectivity index (χ1n) is 12.0. The van der Waals surface area contributed by atoms with Crippen LogP contribution < -0.4 is 9.47 Å². The van der Waals surface area contributed by atoms with Gasteiger partial charge in [0.05, 0.1) is 7.11 Å². The van der Waals surface area contributed by atoms with Gasteiger partial charge in [0.2, 0.25) is 0 Å². The Morgan fingerprint density at radius 2 is 1.58 bits per heavy atom. The Labute approximate surface area is 191 Å². The van der Waals surface area contributed by atoms with E-state index in [1.807, 2.05) is 0 Å². The monoisotopic (exact) mass is 424 g/mol. The Bertz CT molecular complexity index is 837. The number of allylic oxidation sites excluding steroid dienone is 6. The lowest BCUT2D eigenvalue weighted by molar-refractivity contribution is 0.0561. The van der Waals surface area contributed by atoms with Crippen LogP contribution >= 0.6 is 0 Å². The first-order chi connectivity index (χ1) is 14.6. The summed E-state index contributed by atoms with van der Waals surface area (Å²) in [6.07, 6.45) is 16.1. The minimum atomic E-state index is -0.0863. The molecule has 1 atom stereocenters. The van der Waals surface area contributed by atoms with Crippen LogP contribution in [-0.4, -0.2) is 12.7 Å². The highest BCUT2D eigenvalue weighted by molar-refractivity contribution is 5.53. The third kappa shape index (κ3) is 7.59. The molecule has 0 fully saturated rings. The second-order valence-corrected chi connectivity index (χ2v) is 9.87. The summed E-state index contributed by atoms with van der Waals surface area (Å²) in [4.78, 5) is 0. The molecule has 1 aromatic carbocycles. The maximum Gasteiger partial charge on any atom is 0.126 e. The smallest absolute Gasteiger partial charge is 0.126 e. The van der Waals surface area contributed by atoms with Gasteiger partial charge in [0, 0.05) is 0 Å². The van der Waals surface area contributed by atoms with Crippen LogP contribution in [-0.2, 0) is 6.42 Å². The number of fused-ring (bicyclic) bond motifs is 1. The van der Waals surface area contributed by atoms with E-state index in [9.17, 15) is 0 Å². The summed E-state index contributed by atoms with van der Waals surface area (Å²) in [5, 5.41) is 0. The highest BCUT2D eigenvalue weighted by Gasteiger charge is 2.32. The van der Waals surface area contributed by atoms with E-state index in [4.69, 9.17) is 9.47 Å². The largest absolute Gasteiger partial charge is 0.496 e. The summed E-state index contributed by atoms with van der Waals surface area (Å²) in [6, 6.07) is 2.16. The molecule has 0 bridgehead atoms. The van der Waals surface area contributed by atoms with E-state index in [2.05, 4.69) is 72.8 Å². The molecule has 0 amide bonds. The van der Waals surface area contributed by atoms with Gasteiger partial charge in [-0.15, -0.1) is 0 Å². The van der Waals surface area contributed by atoms with E-state index >= 15 is 0 Å². The number of methoxy groups -OCH3 is 1.